The lowest BCUT2D eigenvalue weighted by molar-refractivity contribution is 0.102. The highest BCUT2D eigenvalue weighted by atomic mass is 35.5. The highest BCUT2D eigenvalue weighted by Crippen LogP contribution is 2.21. The van der Waals surface area contributed by atoms with Crippen molar-refractivity contribution in [1.29, 1.82) is 0 Å². The molecular formula is C20H17ClFN3O3S. The molecule has 0 aliphatic rings. The molecule has 0 spiro atoms. The lowest BCUT2D eigenvalue weighted by Crippen LogP contribution is -2.18. The Morgan fingerprint density at radius 1 is 1.14 bits per heavy atom. The number of hydrogen-bond donors (Lipinski definition) is 1. The zero-order valence-corrected chi connectivity index (χ0v) is 17.2. The first-order valence-corrected chi connectivity index (χ1v) is 10.6. The van der Waals surface area contributed by atoms with Gasteiger partial charge in [-0.1, -0.05) is 35.9 Å². The van der Waals surface area contributed by atoms with Crippen molar-refractivity contribution in [2.24, 2.45) is 0 Å². The standard InChI is InChI=1S/C20H17ClFN3O3S/c1-12-3-4-13(2)17(9-12)24-19(26)18-16(21)10-23-20(25-18)29(27,28)11-14-5-7-15(22)8-6-14/h3-10H,11H2,1-2H3,(H,24,26). The SMILES string of the molecule is Cc1ccc(C)c(NC(=O)c2nc(S(=O)(=O)Cc3ccc(F)cc3)ncc2Cl)c1. The number of anilines is 1. The van der Waals surface area contributed by atoms with Gasteiger partial charge in [0, 0.05) is 5.69 Å². The van der Waals surface area contributed by atoms with E-state index in [1.165, 1.54) is 12.1 Å². The number of amides is 1. The van der Waals surface area contributed by atoms with Crippen molar-refractivity contribution in [2.75, 3.05) is 5.32 Å². The van der Waals surface area contributed by atoms with E-state index in [0.717, 1.165) is 29.5 Å². The molecule has 0 radical (unpaired) electrons. The molecule has 0 saturated carbocycles. The zero-order valence-electron chi connectivity index (χ0n) is 15.6. The number of aryl methyl sites for hydroxylation is 2. The smallest absolute Gasteiger partial charge is 0.275 e. The number of aromatic nitrogens is 2. The molecule has 6 nitrogen and oxygen atoms in total. The lowest BCUT2D eigenvalue weighted by atomic mass is 10.1. The summed E-state index contributed by atoms with van der Waals surface area (Å²) < 4.78 is 38.3. The Bertz CT molecular complexity index is 1180. The van der Waals surface area contributed by atoms with Gasteiger partial charge in [-0.15, -0.1) is 0 Å². The average molecular weight is 434 g/mol. The van der Waals surface area contributed by atoms with Crippen LogP contribution in [0.2, 0.25) is 5.02 Å². The molecule has 29 heavy (non-hydrogen) atoms. The number of rotatable bonds is 5. The number of halogens is 2. The summed E-state index contributed by atoms with van der Waals surface area (Å²) in [7, 11) is -3.97. The minimum absolute atomic E-state index is 0.0754. The van der Waals surface area contributed by atoms with Crippen LogP contribution in [0, 0.1) is 19.7 Å². The molecule has 0 atom stereocenters. The first-order valence-electron chi connectivity index (χ1n) is 8.54. The molecule has 0 saturated heterocycles. The second-order valence-corrected chi connectivity index (χ2v) is 8.80. The van der Waals surface area contributed by atoms with E-state index in [4.69, 9.17) is 11.6 Å². The molecule has 1 amide bonds. The Morgan fingerprint density at radius 2 is 1.83 bits per heavy atom. The fraction of sp³-hybridized carbons (Fsp3) is 0.150. The van der Waals surface area contributed by atoms with Gasteiger partial charge in [0.1, 0.15) is 5.82 Å². The minimum atomic E-state index is -3.97. The van der Waals surface area contributed by atoms with E-state index >= 15 is 0 Å². The molecular weight excluding hydrogens is 417 g/mol. The molecule has 0 aliphatic carbocycles. The quantitative estimate of drug-likeness (QED) is 0.611. The topological polar surface area (TPSA) is 89.0 Å². The van der Waals surface area contributed by atoms with Crippen LogP contribution in [0.4, 0.5) is 10.1 Å². The van der Waals surface area contributed by atoms with E-state index < -0.39 is 32.5 Å². The normalized spacial score (nSPS) is 11.3. The number of carbonyl (C=O) groups is 1. The Morgan fingerprint density at radius 3 is 2.52 bits per heavy atom. The molecule has 9 heteroatoms. The molecule has 2 aromatic carbocycles. The van der Waals surface area contributed by atoms with E-state index in [1.807, 2.05) is 26.0 Å². The molecule has 0 aliphatic heterocycles. The molecule has 1 N–H and O–H groups in total. The highest BCUT2D eigenvalue weighted by molar-refractivity contribution is 7.90. The van der Waals surface area contributed by atoms with Crippen LogP contribution in [0.3, 0.4) is 0 Å². The highest BCUT2D eigenvalue weighted by Gasteiger charge is 2.23. The van der Waals surface area contributed by atoms with Gasteiger partial charge in [-0.05, 0) is 48.7 Å². The Hall–Kier alpha value is -2.84. The van der Waals surface area contributed by atoms with Crippen molar-refractivity contribution in [3.63, 3.8) is 0 Å². The molecule has 0 unspecified atom stereocenters. The molecule has 3 aromatic rings. The minimum Gasteiger partial charge on any atom is -0.320 e. The fourth-order valence-electron chi connectivity index (χ4n) is 2.58. The Balaban J connectivity index is 1.89. The van der Waals surface area contributed by atoms with Crippen molar-refractivity contribution < 1.29 is 17.6 Å². The van der Waals surface area contributed by atoms with Crippen LogP contribution in [-0.4, -0.2) is 24.3 Å². The third-order valence-electron chi connectivity index (χ3n) is 4.13. The molecule has 150 valence electrons. The zero-order chi connectivity index (χ0) is 21.2. The third kappa shape index (κ3) is 4.96. The number of carbonyl (C=O) groups excluding carboxylic acids is 1. The Kier molecular flexibility index (Phi) is 5.95. The maximum atomic E-state index is 13.0. The number of nitrogens with zero attached hydrogens (tertiary/aromatic N) is 2. The van der Waals surface area contributed by atoms with Gasteiger partial charge in [0.2, 0.25) is 15.0 Å². The van der Waals surface area contributed by atoms with Crippen LogP contribution >= 0.6 is 11.6 Å². The average Bonchev–Trinajstić information content (AvgIpc) is 2.66. The molecule has 1 heterocycles. The van der Waals surface area contributed by atoms with Gasteiger partial charge in [0.25, 0.3) is 5.91 Å². The second kappa shape index (κ2) is 8.26. The van der Waals surface area contributed by atoms with Crippen molar-refractivity contribution >= 4 is 33.0 Å². The maximum absolute atomic E-state index is 13.0. The summed E-state index contributed by atoms with van der Waals surface area (Å²) in [6, 6.07) is 10.6. The van der Waals surface area contributed by atoms with Crippen molar-refractivity contribution in [1.82, 2.24) is 9.97 Å². The van der Waals surface area contributed by atoms with E-state index in [2.05, 4.69) is 15.3 Å². The molecule has 3 rings (SSSR count). The molecule has 0 fully saturated rings. The van der Waals surface area contributed by atoms with Crippen LogP contribution in [-0.2, 0) is 15.6 Å². The number of nitrogens with one attached hydrogen (secondary N) is 1. The first-order chi connectivity index (χ1) is 13.7. The van der Waals surface area contributed by atoms with Crippen LogP contribution in [0.5, 0.6) is 0 Å². The summed E-state index contributed by atoms with van der Waals surface area (Å²) >= 11 is 6.03. The van der Waals surface area contributed by atoms with Crippen LogP contribution in [0.15, 0.2) is 53.8 Å². The van der Waals surface area contributed by atoms with Gasteiger partial charge in [-0.2, -0.15) is 0 Å². The second-order valence-electron chi connectivity index (χ2n) is 6.51. The fourth-order valence-corrected chi connectivity index (χ4v) is 3.96. The van der Waals surface area contributed by atoms with Crippen LogP contribution < -0.4 is 5.32 Å². The monoisotopic (exact) mass is 433 g/mol. The van der Waals surface area contributed by atoms with Gasteiger partial charge in [0.15, 0.2) is 5.69 Å². The molecule has 1 aromatic heterocycles. The largest absolute Gasteiger partial charge is 0.320 e. The summed E-state index contributed by atoms with van der Waals surface area (Å²) in [5, 5.41) is 2.09. The summed E-state index contributed by atoms with van der Waals surface area (Å²) in [6.07, 6.45) is 1.07. The van der Waals surface area contributed by atoms with E-state index in [9.17, 15) is 17.6 Å². The van der Waals surface area contributed by atoms with Crippen molar-refractivity contribution in [3.8, 4) is 0 Å². The van der Waals surface area contributed by atoms with Gasteiger partial charge in [-0.3, -0.25) is 4.79 Å². The lowest BCUT2D eigenvalue weighted by Gasteiger charge is -2.11. The van der Waals surface area contributed by atoms with E-state index in [1.54, 1.807) is 6.07 Å². The molecule has 0 bridgehead atoms. The number of sulfone groups is 1. The van der Waals surface area contributed by atoms with Gasteiger partial charge < -0.3 is 5.32 Å². The van der Waals surface area contributed by atoms with E-state index in [0.29, 0.717) is 11.3 Å². The third-order valence-corrected chi connectivity index (χ3v) is 5.87. The van der Waals surface area contributed by atoms with Gasteiger partial charge in [-0.25, -0.2) is 22.8 Å². The predicted octanol–water partition coefficient (Wildman–Crippen LogP) is 4.11. The maximum Gasteiger partial charge on any atom is 0.275 e. The van der Waals surface area contributed by atoms with Gasteiger partial charge in [0.05, 0.1) is 17.0 Å². The Labute approximate surface area is 172 Å². The number of hydrogen-bond acceptors (Lipinski definition) is 5. The van der Waals surface area contributed by atoms with Crippen LogP contribution in [0.25, 0.3) is 0 Å². The number of benzene rings is 2. The van der Waals surface area contributed by atoms with Crippen LogP contribution in [0.1, 0.15) is 27.2 Å². The summed E-state index contributed by atoms with van der Waals surface area (Å²) in [5.41, 5.74) is 2.47. The summed E-state index contributed by atoms with van der Waals surface area (Å²) in [5.74, 6) is -1.56. The summed E-state index contributed by atoms with van der Waals surface area (Å²) in [6.45, 7) is 3.71. The van der Waals surface area contributed by atoms with E-state index in [-0.39, 0.29) is 10.7 Å². The first kappa shape index (κ1) is 20.9. The predicted molar refractivity (Wildman–Crippen MR) is 108 cm³/mol. The van der Waals surface area contributed by atoms with Gasteiger partial charge >= 0.3 is 0 Å². The van der Waals surface area contributed by atoms with Crippen molar-refractivity contribution in [3.05, 3.63) is 81.9 Å². The summed E-state index contributed by atoms with van der Waals surface area (Å²) in [4.78, 5) is 20.3. The van der Waals surface area contributed by atoms with Crippen molar-refractivity contribution in [2.45, 2.75) is 24.8 Å².